The molecule has 0 spiro atoms. The van der Waals surface area contributed by atoms with Gasteiger partial charge in [-0.2, -0.15) is 0 Å². The van der Waals surface area contributed by atoms with E-state index in [1.54, 1.807) is 12.2 Å². The Balaban J connectivity index is 1.81. The maximum Gasteiger partial charge on any atom is 0.293 e. The van der Waals surface area contributed by atoms with Gasteiger partial charge in [0.1, 0.15) is 12.4 Å². The molecular formula is C21H19NO3S. The van der Waals surface area contributed by atoms with Gasteiger partial charge in [0.05, 0.1) is 11.4 Å². The van der Waals surface area contributed by atoms with E-state index in [1.165, 1.54) is 4.90 Å². The average Bonchev–Trinajstić information content (AvgIpc) is 2.90. The van der Waals surface area contributed by atoms with Crippen molar-refractivity contribution in [1.82, 2.24) is 4.90 Å². The average molecular weight is 365 g/mol. The summed E-state index contributed by atoms with van der Waals surface area (Å²) in [6.07, 6.45) is 3.37. The van der Waals surface area contributed by atoms with Gasteiger partial charge in [0, 0.05) is 5.56 Å². The SMILES string of the molecule is C=CCOc1ccccc1/C=C1\SC(=O)N(Cc2ccc(C)cc2)C1=O. The molecule has 1 saturated heterocycles. The number of ether oxygens (including phenoxy) is 1. The number of hydrogen-bond acceptors (Lipinski definition) is 4. The maximum absolute atomic E-state index is 12.7. The third kappa shape index (κ3) is 4.06. The van der Waals surface area contributed by atoms with Gasteiger partial charge in [0.2, 0.25) is 0 Å². The largest absolute Gasteiger partial charge is 0.489 e. The van der Waals surface area contributed by atoms with Crippen molar-refractivity contribution >= 4 is 29.0 Å². The number of aryl methyl sites for hydroxylation is 1. The molecule has 1 aliphatic heterocycles. The van der Waals surface area contributed by atoms with Gasteiger partial charge in [-0.25, -0.2) is 0 Å². The van der Waals surface area contributed by atoms with Crippen molar-refractivity contribution in [1.29, 1.82) is 0 Å². The van der Waals surface area contributed by atoms with E-state index in [0.717, 1.165) is 28.5 Å². The summed E-state index contributed by atoms with van der Waals surface area (Å²) < 4.78 is 5.61. The van der Waals surface area contributed by atoms with Crippen LogP contribution >= 0.6 is 11.8 Å². The van der Waals surface area contributed by atoms with Gasteiger partial charge >= 0.3 is 0 Å². The van der Waals surface area contributed by atoms with Crippen LogP contribution in [0.25, 0.3) is 6.08 Å². The van der Waals surface area contributed by atoms with Gasteiger partial charge in [0.15, 0.2) is 0 Å². The van der Waals surface area contributed by atoms with Crippen molar-refractivity contribution in [3.05, 3.63) is 82.8 Å². The number of nitrogens with zero attached hydrogens (tertiary/aromatic N) is 1. The maximum atomic E-state index is 12.7. The minimum atomic E-state index is -0.279. The smallest absolute Gasteiger partial charge is 0.293 e. The third-order valence-corrected chi connectivity index (χ3v) is 4.80. The highest BCUT2D eigenvalue weighted by molar-refractivity contribution is 8.18. The van der Waals surface area contributed by atoms with Gasteiger partial charge in [-0.3, -0.25) is 14.5 Å². The lowest BCUT2D eigenvalue weighted by Crippen LogP contribution is -2.27. The summed E-state index contributed by atoms with van der Waals surface area (Å²) in [6, 6.07) is 15.2. The molecule has 0 aromatic heterocycles. The van der Waals surface area contributed by atoms with Crippen molar-refractivity contribution in [2.75, 3.05) is 6.61 Å². The molecule has 1 aliphatic rings. The van der Waals surface area contributed by atoms with Gasteiger partial charge in [-0.1, -0.05) is 60.7 Å². The number of rotatable bonds is 6. The Morgan fingerprint density at radius 1 is 1.12 bits per heavy atom. The van der Waals surface area contributed by atoms with Gasteiger partial charge < -0.3 is 4.74 Å². The van der Waals surface area contributed by atoms with Crippen molar-refractivity contribution in [2.24, 2.45) is 0 Å². The van der Waals surface area contributed by atoms with Gasteiger partial charge in [-0.15, -0.1) is 0 Å². The summed E-state index contributed by atoms with van der Waals surface area (Å²) in [6.45, 7) is 6.28. The van der Waals surface area contributed by atoms with E-state index in [9.17, 15) is 9.59 Å². The molecule has 3 rings (SSSR count). The van der Waals surface area contributed by atoms with Crippen LogP contribution in [0.2, 0.25) is 0 Å². The summed E-state index contributed by atoms with van der Waals surface area (Å²) in [7, 11) is 0. The lowest BCUT2D eigenvalue weighted by molar-refractivity contribution is -0.123. The number of amides is 2. The molecule has 2 aromatic rings. The molecule has 1 heterocycles. The second-order valence-corrected chi connectivity index (χ2v) is 6.88. The zero-order chi connectivity index (χ0) is 18.5. The molecule has 26 heavy (non-hydrogen) atoms. The van der Waals surface area contributed by atoms with Crippen LogP contribution in [0.4, 0.5) is 4.79 Å². The monoisotopic (exact) mass is 365 g/mol. The van der Waals surface area contributed by atoms with E-state index >= 15 is 0 Å². The fraction of sp³-hybridized carbons (Fsp3) is 0.143. The molecule has 132 valence electrons. The number of hydrogen-bond donors (Lipinski definition) is 0. The molecule has 0 N–H and O–H groups in total. The first kappa shape index (κ1) is 18.0. The van der Waals surface area contributed by atoms with Crippen LogP contribution in [-0.4, -0.2) is 22.7 Å². The zero-order valence-electron chi connectivity index (χ0n) is 14.5. The molecular weight excluding hydrogens is 346 g/mol. The minimum absolute atomic E-state index is 0.258. The van der Waals surface area contributed by atoms with Crippen molar-refractivity contribution in [2.45, 2.75) is 13.5 Å². The number of carbonyl (C=O) groups excluding carboxylic acids is 2. The van der Waals surface area contributed by atoms with Crippen LogP contribution in [0.1, 0.15) is 16.7 Å². The molecule has 0 bridgehead atoms. The summed E-state index contributed by atoms with van der Waals surface area (Å²) in [5.41, 5.74) is 2.82. The Kier molecular flexibility index (Phi) is 5.58. The summed E-state index contributed by atoms with van der Waals surface area (Å²) in [5.74, 6) is 0.372. The third-order valence-electron chi connectivity index (χ3n) is 3.90. The van der Waals surface area contributed by atoms with Crippen LogP contribution in [0.15, 0.2) is 66.1 Å². The molecule has 0 atom stereocenters. The minimum Gasteiger partial charge on any atom is -0.489 e. The predicted octanol–water partition coefficient (Wildman–Crippen LogP) is 4.80. The number of para-hydroxylation sites is 1. The highest BCUT2D eigenvalue weighted by Gasteiger charge is 2.35. The molecule has 0 saturated carbocycles. The van der Waals surface area contributed by atoms with E-state index in [2.05, 4.69) is 6.58 Å². The lowest BCUT2D eigenvalue weighted by Gasteiger charge is -2.12. The molecule has 0 unspecified atom stereocenters. The number of imide groups is 1. The molecule has 1 fully saturated rings. The van der Waals surface area contributed by atoms with E-state index in [1.807, 2.05) is 55.5 Å². The Morgan fingerprint density at radius 2 is 1.85 bits per heavy atom. The fourth-order valence-corrected chi connectivity index (χ4v) is 3.36. The highest BCUT2D eigenvalue weighted by atomic mass is 32.2. The molecule has 0 aliphatic carbocycles. The molecule has 4 nitrogen and oxygen atoms in total. The predicted molar refractivity (Wildman–Crippen MR) is 105 cm³/mol. The Bertz CT molecular complexity index is 871. The Morgan fingerprint density at radius 3 is 2.58 bits per heavy atom. The Hall–Kier alpha value is -2.79. The number of benzene rings is 2. The normalized spacial score (nSPS) is 15.6. The van der Waals surface area contributed by atoms with Crippen LogP contribution in [-0.2, 0) is 11.3 Å². The summed E-state index contributed by atoms with van der Waals surface area (Å²) in [4.78, 5) is 26.6. The van der Waals surface area contributed by atoms with Crippen LogP contribution in [0, 0.1) is 6.92 Å². The van der Waals surface area contributed by atoms with E-state index in [4.69, 9.17) is 4.74 Å². The number of carbonyl (C=O) groups is 2. The Labute approximate surface area is 157 Å². The second-order valence-electron chi connectivity index (χ2n) is 5.89. The van der Waals surface area contributed by atoms with E-state index in [-0.39, 0.29) is 17.7 Å². The highest BCUT2D eigenvalue weighted by Crippen LogP contribution is 2.34. The van der Waals surface area contributed by atoms with Crippen molar-refractivity contribution < 1.29 is 14.3 Å². The van der Waals surface area contributed by atoms with Gasteiger partial charge in [-0.05, 0) is 36.4 Å². The quantitative estimate of drug-likeness (QED) is 0.545. The molecule has 5 heteroatoms. The lowest BCUT2D eigenvalue weighted by atomic mass is 10.1. The summed E-state index contributed by atoms with van der Waals surface area (Å²) >= 11 is 0.954. The first-order chi connectivity index (χ1) is 12.6. The van der Waals surface area contributed by atoms with E-state index < -0.39 is 0 Å². The topological polar surface area (TPSA) is 46.6 Å². The van der Waals surface area contributed by atoms with Crippen LogP contribution in [0.3, 0.4) is 0 Å². The first-order valence-electron chi connectivity index (χ1n) is 8.22. The molecule has 2 aromatic carbocycles. The number of thioether (sulfide) groups is 1. The molecule has 0 radical (unpaired) electrons. The fourth-order valence-electron chi connectivity index (χ4n) is 2.53. The van der Waals surface area contributed by atoms with Crippen LogP contribution in [0.5, 0.6) is 5.75 Å². The van der Waals surface area contributed by atoms with Gasteiger partial charge in [0.25, 0.3) is 11.1 Å². The summed E-state index contributed by atoms with van der Waals surface area (Å²) in [5, 5.41) is -0.258. The van der Waals surface area contributed by atoms with E-state index in [0.29, 0.717) is 17.3 Å². The van der Waals surface area contributed by atoms with Crippen molar-refractivity contribution in [3.8, 4) is 5.75 Å². The molecule has 2 amide bonds. The standard InChI is InChI=1S/C21H19NO3S/c1-3-12-25-18-7-5-4-6-17(18)13-19-20(23)22(21(24)26-19)14-16-10-8-15(2)9-11-16/h3-11,13H,1,12,14H2,2H3/b19-13-. The first-order valence-corrected chi connectivity index (χ1v) is 9.04. The zero-order valence-corrected chi connectivity index (χ0v) is 15.3. The second kappa shape index (κ2) is 8.06. The van der Waals surface area contributed by atoms with Crippen molar-refractivity contribution in [3.63, 3.8) is 0 Å². The van der Waals surface area contributed by atoms with Crippen LogP contribution < -0.4 is 4.74 Å².